The topological polar surface area (TPSA) is 29.5 Å². The van der Waals surface area contributed by atoms with Gasteiger partial charge in [-0.1, -0.05) is 24.3 Å². The lowest BCUT2D eigenvalue weighted by atomic mass is 10.0. The van der Waals surface area contributed by atoms with E-state index in [9.17, 15) is 4.79 Å². The van der Waals surface area contributed by atoms with Crippen LogP contribution in [-0.2, 0) is 16.1 Å². The van der Waals surface area contributed by atoms with Gasteiger partial charge in [0, 0.05) is 6.42 Å². The summed E-state index contributed by atoms with van der Waals surface area (Å²) in [6, 6.07) is 8.18. The predicted octanol–water partition coefficient (Wildman–Crippen LogP) is 2.09. The Morgan fingerprint density at radius 2 is 2.25 bits per heavy atom. The Morgan fingerprint density at radius 1 is 1.44 bits per heavy atom. The van der Waals surface area contributed by atoms with Gasteiger partial charge in [0.1, 0.15) is 0 Å². The molecule has 1 aliphatic rings. The van der Waals surface area contributed by atoms with Gasteiger partial charge in [0.25, 0.3) is 0 Å². The quantitative estimate of drug-likeness (QED) is 0.779. The molecule has 1 aromatic carbocycles. The largest absolute Gasteiger partial charge is 0.273 e. The molecule has 0 atom stereocenters. The number of hydrogen-bond acceptors (Lipinski definition) is 2. The number of benzene rings is 1. The molecule has 86 valence electrons. The van der Waals surface area contributed by atoms with Gasteiger partial charge in [-0.15, -0.1) is 0 Å². The summed E-state index contributed by atoms with van der Waals surface area (Å²) in [4.78, 5) is 16.9. The molecule has 0 saturated carbocycles. The van der Waals surface area contributed by atoms with Crippen LogP contribution in [0.2, 0.25) is 0 Å². The van der Waals surface area contributed by atoms with E-state index in [2.05, 4.69) is 19.1 Å². The molecule has 3 heteroatoms. The van der Waals surface area contributed by atoms with Crippen LogP contribution in [0.5, 0.6) is 0 Å². The van der Waals surface area contributed by atoms with Crippen molar-refractivity contribution in [1.82, 2.24) is 5.06 Å². The fraction of sp³-hybridized carbons (Fsp3) is 0.462. The summed E-state index contributed by atoms with van der Waals surface area (Å²) in [6.45, 7) is 3.49. The van der Waals surface area contributed by atoms with Gasteiger partial charge < -0.3 is 0 Å². The molecule has 0 aromatic heterocycles. The van der Waals surface area contributed by atoms with Crippen LogP contribution in [0.1, 0.15) is 24.0 Å². The third-order valence-corrected chi connectivity index (χ3v) is 2.90. The highest BCUT2D eigenvalue weighted by atomic mass is 16.7. The standard InChI is InChI=1S/C13H17NO2/c1-11-5-2-3-6-12(11)7-8-13(15)14-9-4-10-16-14/h2-3,5-6H,4,7-10H2,1H3. The number of rotatable bonds is 3. The molecule has 1 heterocycles. The maximum atomic E-state index is 11.7. The minimum absolute atomic E-state index is 0.0979. The average Bonchev–Trinajstić information content (AvgIpc) is 2.81. The second kappa shape index (κ2) is 5.12. The van der Waals surface area contributed by atoms with E-state index in [1.54, 1.807) is 0 Å². The van der Waals surface area contributed by atoms with E-state index in [1.807, 2.05) is 12.1 Å². The molecule has 0 aliphatic carbocycles. The van der Waals surface area contributed by atoms with Crippen molar-refractivity contribution in [3.8, 4) is 0 Å². The first-order valence-corrected chi connectivity index (χ1v) is 5.75. The van der Waals surface area contributed by atoms with Gasteiger partial charge in [-0.05, 0) is 30.9 Å². The summed E-state index contributed by atoms with van der Waals surface area (Å²) in [5, 5.41) is 1.50. The van der Waals surface area contributed by atoms with Crippen molar-refractivity contribution in [2.45, 2.75) is 26.2 Å². The zero-order chi connectivity index (χ0) is 11.4. The molecule has 1 amide bonds. The van der Waals surface area contributed by atoms with Gasteiger partial charge in [0.2, 0.25) is 5.91 Å². The molecule has 1 fully saturated rings. The lowest BCUT2D eigenvalue weighted by molar-refractivity contribution is -0.168. The summed E-state index contributed by atoms with van der Waals surface area (Å²) in [5.74, 6) is 0.0979. The first-order valence-electron chi connectivity index (χ1n) is 5.75. The van der Waals surface area contributed by atoms with E-state index in [-0.39, 0.29) is 5.91 Å². The van der Waals surface area contributed by atoms with Crippen LogP contribution in [-0.4, -0.2) is 24.1 Å². The minimum atomic E-state index is 0.0979. The molecule has 1 aliphatic heterocycles. The Hall–Kier alpha value is -1.35. The Morgan fingerprint density at radius 3 is 2.94 bits per heavy atom. The van der Waals surface area contributed by atoms with E-state index >= 15 is 0 Å². The fourth-order valence-corrected chi connectivity index (χ4v) is 1.90. The second-order valence-electron chi connectivity index (χ2n) is 4.11. The van der Waals surface area contributed by atoms with Gasteiger partial charge >= 0.3 is 0 Å². The molecular weight excluding hydrogens is 202 g/mol. The third-order valence-electron chi connectivity index (χ3n) is 2.90. The van der Waals surface area contributed by atoms with Gasteiger partial charge in [-0.25, -0.2) is 5.06 Å². The van der Waals surface area contributed by atoms with Gasteiger partial charge in [-0.3, -0.25) is 9.63 Å². The first kappa shape index (κ1) is 11.1. The third kappa shape index (κ3) is 2.61. The summed E-state index contributed by atoms with van der Waals surface area (Å²) in [6.07, 6.45) is 2.28. The molecule has 1 aromatic rings. The number of hydroxylamine groups is 2. The summed E-state index contributed by atoms with van der Waals surface area (Å²) >= 11 is 0. The van der Waals surface area contributed by atoms with Crippen molar-refractivity contribution in [3.05, 3.63) is 35.4 Å². The molecule has 16 heavy (non-hydrogen) atoms. The molecule has 0 N–H and O–H groups in total. The van der Waals surface area contributed by atoms with Crippen molar-refractivity contribution in [3.63, 3.8) is 0 Å². The summed E-state index contributed by atoms with van der Waals surface area (Å²) in [5.41, 5.74) is 2.49. The monoisotopic (exact) mass is 219 g/mol. The van der Waals surface area contributed by atoms with Crippen molar-refractivity contribution in [2.75, 3.05) is 13.2 Å². The molecule has 0 bridgehead atoms. The Labute approximate surface area is 96.0 Å². The number of hydrogen-bond donors (Lipinski definition) is 0. The lowest BCUT2D eigenvalue weighted by Gasteiger charge is -2.13. The van der Waals surface area contributed by atoms with E-state index in [0.29, 0.717) is 13.0 Å². The van der Waals surface area contributed by atoms with E-state index < -0.39 is 0 Å². The maximum absolute atomic E-state index is 11.7. The van der Waals surface area contributed by atoms with Crippen molar-refractivity contribution < 1.29 is 9.63 Å². The second-order valence-corrected chi connectivity index (χ2v) is 4.11. The zero-order valence-corrected chi connectivity index (χ0v) is 9.61. The highest BCUT2D eigenvalue weighted by Gasteiger charge is 2.18. The maximum Gasteiger partial charge on any atom is 0.246 e. The molecule has 2 rings (SSSR count). The highest BCUT2D eigenvalue weighted by molar-refractivity contribution is 5.75. The molecule has 0 radical (unpaired) electrons. The first-order chi connectivity index (χ1) is 7.77. The van der Waals surface area contributed by atoms with E-state index in [4.69, 9.17) is 4.84 Å². The number of carbonyl (C=O) groups excluding carboxylic acids is 1. The average molecular weight is 219 g/mol. The van der Waals surface area contributed by atoms with E-state index in [0.717, 1.165) is 19.4 Å². The molecule has 0 spiro atoms. The van der Waals surface area contributed by atoms with Crippen LogP contribution in [0.25, 0.3) is 0 Å². The van der Waals surface area contributed by atoms with Crippen LogP contribution in [0.3, 0.4) is 0 Å². The number of carbonyl (C=O) groups is 1. The Bertz CT molecular complexity index is 370. The van der Waals surface area contributed by atoms with Crippen LogP contribution >= 0.6 is 0 Å². The normalized spacial score (nSPS) is 15.4. The number of aryl methyl sites for hydroxylation is 2. The van der Waals surface area contributed by atoms with Crippen molar-refractivity contribution >= 4 is 5.91 Å². The van der Waals surface area contributed by atoms with Crippen LogP contribution in [0.4, 0.5) is 0 Å². The van der Waals surface area contributed by atoms with Crippen LogP contribution in [0, 0.1) is 6.92 Å². The summed E-state index contributed by atoms with van der Waals surface area (Å²) in [7, 11) is 0. The smallest absolute Gasteiger partial charge is 0.246 e. The minimum Gasteiger partial charge on any atom is -0.273 e. The Balaban J connectivity index is 1.87. The predicted molar refractivity (Wildman–Crippen MR) is 61.8 cm³/mol. The van der Waals surface area contributed by atoms with Gasteiger partial charge in [-0.2, -0.15) is 0 Å². The molecule has 1 saturated heterocycles. The van der Waals surface area contributed by atoms with Crippen LogP contribution in [0.15, 0.2) is 24.3 Å². The van der Waals surface area contributed by atoms with Gasteiger partial charge in [0.05, 0.1) is 13.2 Å². The molecule has 0 unspecified atom stereocenters. The van der Waals surface area contributed by atoms with Gasteiger partial charge in [0.15, 0.2) is 0 Å². The van der Waals surface area contributed by atoms with E-state index in [1.165, 1.54) is 16.2 Å². The summed E-state index contributed by atoms with van der Waals surface area (Å²) < 4.78 is 0. The lowest BCUT2D eigenvalue weighted by Crippen LogP contribution is -2.26. The van der Waals surface area contributed by atoms with Crippen molar-refractivity contribution in [2.24, 2.45) is 0 Å². The zero-order valence-electron chi connectivity index (χ0n) is 9.61. The Kier molecular flexibility index (Phi) is 3.57. The highest BCUT2D eigenvalue weighted by Crippen LogP contribution is 2.12. The molecular formula is C13H17NO2. The van der Waals surface area contributed by atoms with Crippen molar-refractivity contribution in [1.29, 1.82) is 0 Å². The fourth-order valence-electron chi connectivity index (χ4n) is 1.90. The van der Waals surface area contributed by atoms with Crippen LogP contribution < -0.4 is 0 Å². The SMILES string of the molecule is Cc1ccccc1CCC(=O)N1CCCO1. The number of amides is 1. The number of nitrogens with zero attached hydrogens (tertiary/aromatic N) is 1. The molecule has 3 nitrogen and oxygen atoms in total.